The molecule has 0 radical (unpaired) electrons. The number of aliphatic carboxylic acids is 1. The van der Waals surface area contributed by atoms with Gasteiger partial charge in [-0.25, -0.2) is 0 Å². The third kappa shape index (κ3) is 2.75. The SMILES string of the molecule is Cc1c(Br)c(C(F)(F)F)nn1CCC(=O)[O-]. The Morgan fingerprint density at radius 3 is 2.50 bits per heavy atom. The van der Waals surface area contributed by atoms with Gasteiger partial charge in [-0.15, -0.1) is 0 Å². The van der Waals surface area contributed by atoms with Gasteiger partial charge in [0.1, 0.15) is 0 Å². The number of hydrogen-bond acceptors (Lipinski definition) is 3. The second-order valence-corrected chi connectivity index (χ2v) is 3.88. The summed E-state index contributed by atoms with van der Waals surface area (Å²) in [7, 11) is 0. The quantitative estimate of drug-likeness (QED) is 0.840. The molecule has 0 N–H and O–H groups in total. The van der Waals surface area contributed by atoms with Crippen molar-refractivity contribution in [2.45, 2.75) is 26.1 Å². The highest BCUT2D eigenvalue weighted by atomic mass is 79.9. The molecule has 0 fully saturated rings. The van der Waals surface area contributed by atoms with Crippen LogP contribution in [0.1, 0.15) is 17.8 Å². The second-order valence-electron chi connectivity index (χ2n) is 3.09. The Hall–Kier alpha value is -1.05. The van der Waals surface area contributed by atoms with Crippen molar-refractivity contribution in [1.29, 1.82) is 0 Å². The van der Waals surface area contributed by atoms with E-state index in [9.17, 15) is 23.1 Å². The van der Waals surface area contributed by atoms with Crippen molar-refractivity contribution in [3.63, 3.8) is 0 Å². The van der Waals surface area contributed by atoms with Crippen LogP contribution in [0.3, 0.4) is 0 Å². The van der Waals surface area contributed by atoms with Crippen molar-refractivity contribution >= 4 is 21.9 Å². The van der Waals surface area contributed by atoms with Crippen molar-refractivity contribution in [3.05, 3.63) is 15.9 Å². The first kappa shape index (κ1) is 13.0. The highest BCUT2D eigenvalue weighted by Crippen LogP contribution is 2.35. The van der Waals surface area contributed by atoms with E-state index in [1.54, 1.807) is 0 Å². The van der Waals surface area contributed by atoms with Crippen LogP contribution < -0.4 is 5.11 Å². The molecule has 0 spiro atoms. The van der Waals surface area contributed by atoms with Crippen molar-refractivity contribution in [1.82, 2.24) is 9.78 Å². The fourth-order valence-corrected chi connectivity index (χ4v) is 1.63. The Labute approximate surface area is 97.2 Å². The second kappa shape index (κ2) is 4.44. The van der Waals surface area contributed by atoms with Crippen LogP contribution in [0.2, 0.25) is 0 Å². The fourth-order valence-electron chi connectivity index (χ4n) is 1.12. The molecule has 1 rings (SSSR count). The zero-order valence-corrected chi connectivity index (χ0v) is 9.72. The molecule has 0 aliphatic rings. The normalized spacial score (nSPS) is 11.8. The van der Waals surface area contributed by atoms with Gasteiger partial charge in [0.15, 0.2) is 5.69 Å². The Morgan fingerprint density at radius 1 is 1.56 bits per heavy atom. The number of hydrogen-bond donors (Lipinski definition) is 0. The molecule has 0 atom stereocenters. The van der Waals surface area contributed by atoms with Crippen LogP contribution in [0.4, 0.5) is 13.2 Å². The minimum absolute atomic E-state index is 0.150. The van der Waals surface area contributed by atoms with Gasteiger partial charge < -0.3 is 9.90 Å². The van der Waals surface area contributed by atoms with Gasteiger partial charge in [0.25, 0.3) is 0 Å². The summed E-state index contributed by atoms with van der Waals surface area (Å²) in [5.41, 5.74) is -0.822. The van der Waals surface area contributed by atoms with E-state index in [-0.39, 0.29) is 23.1 Å². The summed E-state index contributed by atoms with van der Waals surface area (Å²) in [5.74, 6) is -1.33. The van der Waals surface area contributed by atoms with E-state index in [0.717, 1.165) is 4.68 Å². The molecule has 0 aromatic carbocycles. The molecule has 4 nitrogen and oxygen atoms in total. The molecule has 1 heterocycles. The number of carboxylic acid groups (broad SMARTS) is 1. The van der Waals surface area contributed by atoms with E-state index >= 15 is 0 Å². The maximum Gasteiger partial charge on any atom is 0.436 e. The van der Waals surface area contributed by atoms with Gasteiger partial charge in [-0.05, 0) is 22.9 Å². The number of aryl methyl sites for hydroxylation is 1. The van der Waals surface area contributed by atoms with Crippen LogP contribution in [-0.2, 0) is 17.5 Å². The Kier molecular flexibility index (Phi) is 3.61. The largest absolute Gasteiger partial charge is 0.550 e. The first-order chi connectivity index (χ1) is 7.23. The van der Waals surface area contributed by atoms with Crippen LogP contribution in [0, 0.1) is 6.92 Å². The Balaban J connectivity index is 3.01. The van der Waals surface area contributed by atoms with Gasteiger partial charge in [-0.3, -0.25) is 4.68 Å². The van der Waals surface area contributed by atoms with Crippen LogP contribution in [-0.4, -0.2) is 15.7 Å². The summed E-state index contributed by atoms with van der Waals surface area (Å²) >= 11 is 2.78. The number of carbonyl (C=O) groups excluding carboxylic acids is 1. The lowest BCUT2D eigenvalue weighted by atomic mass is 10.3. The van der Waals surface area contributed by atoms with E-state index in [0.29, 0.717) is 0 Å². The maximum atomic E-state index is 12.4. The van der Waals surface area contributed by atoms with E-state index in [1.165, 1.54) is 6.92 Å². The monoisotopic (exact) mass is 299 g/mol. The molecule has 90 valence electrons. The smallest absolute Gasteiger partial charge is 0.436 e. The average Bonchev–Trinajstić information content (AvgIpc) is 2.40. The van der Waals surface area contributed by atoms with Gasteiger partial charge in [0, 0.05) is 18.9 Å². The first-order valence-corrected chi connectivity index (χ1v) is 5.02. The summed E-state index contributed by atoms with van der Waals surface area (Å²) in [6.07, 6.45) is -4.94. The van der Waals surface area contributed by atoms with Crippen LogP contribution in [0.5, 0.6) is 0 Å². The van der Waals surface area contributed by atoms with Gasteiger partial charge in [-0.2, -0.15) is 18.3 Å². The molecule has 0 amide bonds. The number of carboxylic acids is 1. The summed E-state index contributed by atoms with van der Waals surface area (Å²) < 4.78 is 38.0. The molecule has 0 saturated carbocycles. The van der Waals surface area contributed by atoms with Gasteiger partial charge in [0.05, 0.1) is 10.2 Å². The molecule has 0 aliphatic heterocycles. The molecular formula is C8H7BrF3N2O2-. The number of halogens is 4. The van der Waals surface area contributed by atoms with Crippen LogP contribution >= 0.6 is 15.9 Å². The minimum Gasteiger partial charge on any atom is -0.550 e. The number of carbonyl (C=O) groups is 1. The maximum absolute atomic E-state index is 12.4. The highest BCUT2D eigenvalue weighted by Gasteiger charge is 2.37. The summed E-state index contributed by atoms with van der Waals surface area (Å²) in [4.78, 5) is 10.2. The summed E-state index contributed by atoms with van der Waals surface area (Å²) in [5, 5.41) is 13.5. The lowest BCUT2D eigenvalue weighted by molar-refractivity contribution is -0.306. The standard InChI is InChI=1S/C8H8BrF3N2O2/c1-4-6(9)7(8(10,11)12)13-14(4)3-2-5(15)16/h2-3H2,1H3,(H,15,16)/p-1. The molecule has 0 bridgehead atoms. The molecule has 1 aromatic heterocycles. The zero-order valence-electron chi connectivity index (χ0n) is 8.14. The van der Waals surface area contributed by atoms with E-state index in [2.05, 4.69) is 21.0 Å². The van der Waals surface area contributed by atoms with Crippen molar-refractivity contribution in [3.8, 4) is 0 Å². The number of rotatable bonds is 3. The van der Waals surface area contributed by atoms with Crippen molar-refractivity contribution in [2.24, 2.45) is 0 Å². The number of nitrogens with zero attached hydrogens (tertiary/aromatic N) is 2. The number of alkyl halides is 3. The highest BCUT2D eigenvalue weighted by molar-refractivity contribution is 9.10. The summed E-state index contributed by atoms with van der Waals surface area (Å²) in [6.45, 7) is 1.27. The van der Waals surface area contributed by atoms with Gasteiger partial charge in [-0.1, -0.05) is 0 Å². The first-order valence-electron chi connectivity index (χ1n) is 4.23. The average molecular weight is 300 g/mol. The third-order valence-corrected chi connectivity index (χ3v) is 2.88. The van der Waals surface area contributed by atoms with Crippen LogP contribution in [0.25, 0.3) is 0 Å². The Morgan fingerprint density at radius 2 is 2.12 bits per heavy atom. The molecule has 16 heavy (non-hydrogen) atoms. The zero-order chi connectivity index (χ0) is 12.5. The lowest BCUT2D eigenvalue weighted by Crippen LogP contribution is -2.24. The number of aromatic nitrogens is 2. The third-order valence-electron chi connectivity index (χ3n) is 1.93. The van der Waals surface area contributed by atoms with Crippen molar-refractivity contribution in [2.75, 3.05) is 0 Å². The Bertz CT molecular complexity index is 414. The fraction of sp³-hybridized carbons (Fsp3) is 0.500. The molecule has 0 saturated heterocycles. The topological polar surface area (TPSA) is 58.0 Å². The van der Waals surface area contributed by atoms with Crippen molar-refractivity contribution < 1.29 is 23.1 Å². The van der Waals surface area contributed by atoms with Gasteiger partial charge >= 0.3 is 6.18 Å². The molecule has 0 aliphatic carbocycles. The van der Waals surface area contributed by atoms with E-state index < -0.39 is 17.8 Å². The minimum atomic E-state index is -4.56. The van der Waals surface area contributed by atoms with Crippen LogP contribution in [0.15, 0.2) is 4.47 Å². The predicted molar refractivity (Wildman–Crippen MR) is 49.3 cm³/mol. The van der Waals surface area contributed by atoms with E-state index in [1.807, 2.05) is 0 Å². The molecule has 0 unspecified atom stereocenters. The molecule has 8 heteroatoms. The predicted octanol–water partition coefficient (Wildman–Crippen LogP) is 1.11. The van der Waals surface area contributed by atoms with E-state index in [4.69, 9.17) is 0 Å². The van der Waals surface area contributed by atoms with Gasteiger partial charge in [0.2, 0.25) is 0 Å². The lowest BCUT2D eigenvalue weighted by Gasteiger charge is -2.04. The summed E-state index contributed by atoms with van der Waals surface area (Å²) in [6, 6.07) is 0. The molecule has 1 aromatic rings. The molecular weight excluding hydrogens is 293 g/mol.